The SMILES string of the molecule is CCCCCCCc1nn(CCCC)c(=O)n1Cc1ccc(-c2ccccc2-c2nnn[nH]2)cc1. The van der Waals surface area contributed by atoms with Gasteiger partial charge in [0.15, 0.2) is 5.82 Å². The molecule has 0 saturated carbocycles. The van der Waals surface area contributed by atoms with Crippen molar-refractivity contribution in [2.75, 3.05) is 0 Å². The molecule has 0 saturated heterocycles. The first-order valence-electron chi connectivity index (χ1n) is 12.8. The van der Waals surface area contributed by atoms with Gasteiger partial charge in [0, 0.05) is 18.5 Å². The fourth-order valence-corrected chi connectivity index (χ4v) is 4.36. The van der Waals surface area contributed by atoms with Crippen LogP contribution in [0.5, 0.6) is 0 Å². The molecular formula is C27H35N7O. The molecule has 0 fully saturated rings. The van der Waals surface area contributed by atoms with Crippen molar-refractivity contribution in [2.24, 2.45) is 0 Å². The molecule has 0 amide bonds. The molecule has 0 aliphatic heterocycles. The molecule has 2 aromatic carbocycles. The summed E-state index contributed by atoms with van der Waals surface area (Å²) in [6.07, 6.45) is 8.82. The van der Waals surface area contributed by atoms with Crippen LogP contribution in [0.1, 0.15) is 70.2 Å². The Bertz CT molecular complexity index is 1240. The summed E-state index contributed by atoms with van der Waals surface area (Å²) < 4.78 is 3.51. The number of unbranched alkanes of at least 4 members (excludes halogenated alkanes) is 5. The quantitative estimate of drug-likeness (QED) is 0.268. The first-order valence-corrected chi connectivity index (χ1v) is 12.8. The summed E-state index contributed by atoms with van der Waals surface area (Å²) in [6.45, 7) is 5.57. The van der Waals surface area contributed by atoms with Crippen LogP contribution in [0.15, 0.2) is 53.3 Å². The molecule has 0 bridgehead atoms. The predicted octanol–water partition coefficient (Wildman–Crippen LogP) is 5.25. The van der Waals surface area contributed by atoms with Gasteiger partial charge in [-0.2, -0.15) is 5.10 Å². The Labute approximate surface area is 206 Å². The van der Waals surface area contributed by atoms with E-state index in [1.54, 1.807) is 4.68 Å². The summed E-state index contributed by atoms with van der Waals surface area (Å²) in [5, 5.41) is 19.0. The summed E-state index contributed by atoms with van der Waals surface area (Å²) in [5.41, 5.74) is 4.15. The second-order valence-electron chi connectivity index (χ2n) is 9.02. The molecule has 0 radical (unpaired) electrons. The summed E-state index contributed by atoms with van der Waals surface area (Å²) >= 11 is 0. The van der Waals surface area contributed by atoms with E-state index in [9.17, 15) is 4.79 Å². The summed E-state index contributed by atoms with van der Waals surface area (Å²) in [6, 6.07) is 16.4. The van der Waals surface area contributed by atoms with Gasteiger partial charge in [0.25, 0.3) is 0 Å². The van der Waals surface area contributed by atoms with Gasteiger partial charge in [-0.05, 0) is 40.0 Å². The standard InChI is InChI=1S/C27H35N7O/c1-3-5-7-8-9-14-25-30-34(19-6-4-2)27(35)33(25)20-21-15-17-22(18-16-21)23-12-10-11-13-24(23)26-28-31-32-29-26/h10-13,15-18H,3-9,14,19-20H2,1-2H3,(H,28,29,31,32). The fraction of sp³-hybridized carbons (Fsp3) is 0.444. The van der Waals surface area contributed by atoms with E-state index in [1.165, 1.54) is 25.7 Å². The second kappa shape index (κ2) is 12.2. The van der Waals surface area contributed by atoms with E-state index >= 15 is 0 Å². The van der Waals surface area contributed by atoms with Gasteiger partial charge < -0.3 is 0 Å². The lowest BCUT2D eigenvalue weighted by Gasteiger charge is -2.09. The number of hydrogen-bond donors (Lipinski definition) is 1. The summed E-state index contributed by atoms with van der Waals surface area (Å²) in [7, 11) is 0. The molecule has 8 heteroatoms. The molecule has 4 rings (SSSR count). The lowest BCUT2D eigenvalue weighted by Crippen LogP contribution is -2.26. The van der Waals surface area contributed by atoms with Gasteiger partial charge in [0.2, 0.25) is 0 Å². The van der Waals surface area contributed by atoms with Gasteiger partial charge >= 0.3 is 5.69 Å². The number of nitrogens with one attached hydrogen (secondary N) is 1. The number of benzene rings is 2. The number of aromatic amines is 1. The monoisotopic (exact) mass is 473 g/mol. The normalized spacial score (nSPS) is 11.3. The van der Waals surface area contributed by atoms with E-state index in [4.69, 9.17) is 5.10 Å². The molecule has 2 heterocycles. The van der Waals surface area contributed by atoms with E-state index in [-0.39, 0.29) is 5.69 Å². The van der Waals surface area contributed by atoms with Crippen molar-refractivity contribution in [2.45, 2.75) is 78.3 Å². The lowest BCUT2D eigenvalue weighted by molar-refractivity contribution is 0.543. The van der Waals surface area contributed by atoms with Gasteiger partial charge in [-0.1, -0.05) is 94.5 Å². The van der Waals surface area contributed by atoms with Crippen molar-refractivity contribution in [1.29, 1.82) is 0 Å². The Hall–Kier alpha value is -3.55. The van der Waals surface area contributed by atoms with Crippen LogP contribution >= 0.6 is 0 Å². The zero-order valence-electron chi connectivity index (χ0n) is 20.8. The minimum atomic E-state index is -0.00532. The molecule has 8 nitrogen and oxygen atoms in total. The molecule has 0 aliphatic rings. The lowest BCUT2D eigenvalue weighted by atomic mass is 9.98. The Morgan fingerprint density at radius 3 is 2.31 bits per heavy atom. The first-order chi connectivity index (χ1) is 17.2. The van der Waals surface area contributed by atoms with Crippen LogP contribution in [0.3, 0.4) is 0 Å². The number of rotatable bonds is 13. The van der Waals surface area contributed by atoms with Crippen LogP contribution in [0.2, 0.25) is 0 Å². The van der Waals surface area contributed by atoms with Crippen molar-refractivity contribution in [3.8, 4) is 22.5 Å². The smallest absolute Gasteiger partial charge is 0.274 e. The fourth-order valence-electron chi connectivity index (χ4n) is 4.36. The second-order valence-corrected chi connectivity index (χ2v) is 9.02. The topological polar surface area (TPSA) is 94.3 Å². The van der Waals surface area contributed by atoms with Gasteiger partial charge in [0.1, 0.15) is 5.82 Å². The van der Waals surface area contributed by atoms with E-state index in [0.717, 1.165) is 53.8 Å². The number of nitrogens with zero attached hydrogens (tertiary/aromatic N) is 6. The highest BCUT2D eigenvalue weighted by molar-refractivity contribution is 5.80. The maximum absolute atomic E-state index is 13.1. The molecule has 2 aromatic heterocycles. The van der Waals surface area contributed by atoms with Crippen LogP contribution in [0.4, 0.5) is 0 Å². The molecular weight excluding hydrogens is 438 g/mol. The molecule has 1 N–H and O–H groups in total. The Kier molecular flexibility index (Phi) is 8.59. The summed E-state index contributed by atoms with van der Waals surface area (Å²) in [5.74, 6) is 1.54. The van der Waals surface area contributed by atoms with E-state index < -0.39 is 0 Å². The van der Waals surface area contributed by atoms with Crippen LogP contribution in [-0.4, -0.2) is 35.0 Å². The maximum atomic E-state index is 13.1. The van der Waals surface area contributed by atoms with Gasteiger partial charge in [-0.15, -0.1) is 5.10 Å². The highest BCUT2D eigenvalue weighted by atomic mass is 16.2. The number of tetrazole rings is 1. The number of H-pyrrole nitrogens is 1. The average Bonchev–Trinajstić information content (AvgIpc) is 3.52. The van der Waals surface area contributed by atoms with Crippen molar-refractivity contribution in [1.82, 2.24) is 35.0 Å². The number of hydrogen-bond acceptors (Lipinski definition) is 5. The molecule has 0 atom stereocenters. The van der Waals surface area contributed by atoms with Crippen molar-refractivity contribution >= 4 is 0 Å². The highest BCUT2D eigenvalue weighted by Gasteiger charge is 2.14. The Morgan fingerprint density at radius 2 is 1.60 bits per heavy atom. The zero-order chi connectivity index (χ0) is 24.5. The third-order valence-corrected chi connectivity index (χ3v) is 6.36. The van der Waals surface area contributed by atoms with Crippen LogP contribution in [-0.2, 0) is 19.5 Å². The largest absolute Gasteiger partial charge is 0.346 e. The van der Waals surface area contributed by atoms with E-state index in [0.29, 0.717) is 18.9 Å². The Morgan fingerprint density at radius 1 is 0.857 bits per heavy atom. The number of aryl methyl sites for hydroxylation is 2. The summed E-state index contributed by atoms with van der Waals surface area (Å²) in [4.78, 5) is 13.1. The molecule has 4 aromatic rings. The Balaban J connectivity index is 1.54. The maximum Gasteiger partial charge on any atom is 0.346 e. The van der Waals surface area contributed by atoms with Crippen LogP contribution in [0, 0.1) is 0 Å². The minimum absolute atomic E-state index is 0.00532. The van der Waals surface area contributed by atoms with Crippen molar-refractivity contribution in [3.05, 3.63) is 70.4 Å². The highest BCUT2D eigenvalue weighted by Crippen LogP contribution is 2.29. The molecule has 35 heavy (non-hydrogen) atoms. The third-order valence-electron chi connectivity index (χ3n) is 6.36. The van der Waals surface area contributed by atoms with Crippen LogP contribution < -0.4 is 5.69 Å². The number of aromatic nitrogens is 7. The molecule has 0 aliphatic carbocycles. The molecule has 0 unspecified atom stereocenters. The minimum Gasteiger partial charge on any atom is -0.274 e. The first kappa shape index (κ1) is 24.6. The predicted molar refractivity (Wildman–Crippen MR) is 138 cm³/mol. The molecule has 184 valence electrons. The van der Waals surface area contributed by atoms with Gasteiger partial charge in [-0.3, -0.25) is 4.57 Å². The van der Waals surface area contributed by atoms with Gasteiger partial charge in [-0.25, -0.2) is 14.6 Å². The van der Waals surface area contributed by atoms with Crippen molar-refractivity contribution < 1.29 is 0 Å². The van der Waals surface area contributed by atoms with E-state index in [2.05, 4.69) is 64.8 Å². The zero-order valence-corrected chi connectivity index (χ0v) is 20.8. The average molecular weight is 474 g/mol. The third kappa shape index (κ3) is 6.12. The van der Waals surface area contributed by atoms with E-state index in [1.807, 2.05) is 22.8 Å². The van der Waals surface area contributed by atoms with Crippen LogP contribution in [0.25, 0.3) is 22.5 Å². The van der Waals surface area contributed by atoms with Crippen molar-refractivity contribution in [3.63, 3.8) is 0 Å². The molecule has 0 spiro atoms. The van der Waals surface area contributed by atoms with Gasteiger partial charge in [0.05, 0.1) is 6.54 Å².